The number of aromatic nitrogens is 3. The van der Waals surface area contributed by atoms with Crippen LogP contribution >= 0.6 is 11.8 Å². The minimum atomic E-state index is -0.453. The molecule has 8 nitrogen and oxygen atoms in total. The van der Waals surface area contributed by atoms with E-state index in [2.05, 4.69) is 10.2 Å². The Morgan fingerprint density at radius 3 is 2.39 bits per heavy atom. The number of nitro groups is 1. The number of hydrogen-bond acceptors (Lipinski definition) is 7. The molecule has 1 heterocycles. The molecule has 2 N–H and O–H groups in total. The lowest BCUT2D eigenvalue weighted by atomic mass is 9.93. The highest BCUT2D eigenvalue weighted by Gasteiger charge is 2.22. The summed E-state index contributed by atoms with van der Waals surface area (Å²) in [6.45, 7) is 5.59. The first-order valence-corrected chi connectivity index (χ1v) is 7.80. The van der Waals surface area contributed by atoms with E-state index in [0.29, 0.717) is 16.6 Å². The lowest BCUT2D eigenvalue weighted by molar-refractivity contribution is -0.384. The highest BCUT2D eigenvalue weighted by molar-refractivity contribution is 7.98. The van der Waals surface area contributed by atoms with Crippen LogP contribution in [0.25, 0.3) is 0 Å². The molecule has 0 bridgehead atoms. The van der Waals surface area contributed by atoms with E-state index in [1.807, 2.05) is 20.8 Å². The number of non-ortho nitro benzene ring substituents is 1. The maximum absolute atomic E-state index is 12.2. The van der Waals surface area contributed by atoms with Gasteiger partial charge in [-0.2, -0.15) is 4.68 Å². The van der Waals surface area contributed by atoms with Gasteiger partial charge in [0.25, 0.3) is 11.2 Å². The molecular formula is C14H17N5O3S. The second kappa shape index (κ2) is 6.37. The third kappa shape index (κ3) is 3.86. The molecule has 1 aromatic carbocycles. The van der Waals surface area contributed by atoms with Gasteiger partial charge < -0.3 is 5.84 Å². The van der Waals surface area contributed by atoms with Crippen LogP contribution in [0.15, 0.2) is 34.2 Å². The zero-order valence-electron chi connectivity index (χ0n) is 13.0. The molecule has 1 aromatic heterocycles. The number of hydrogen-bond donors (Lipinski definition) is 1. The van der Waals surface area contributed by atoms with Gasteiger partial charge in [0.15, 0.2) is 0 Å². The summed E-state index contributed by atoms with van der Waals surface area (Å²) in [7, 11) is 0. The van der Waals surface area contributed by atoms with Crippen molar-refractivity contribution in [2.45, 2.75) is 37.1 Å². The predicted molar refractivity (Wildman–Crippen MR) is 87.8 cm³/mol. The number of thioether (sulfide) groups is 1. The van der Waals surface area contributed by atoms with E-state index in [1.165, 1.54) is 23.9 Å². The van der Waals surface area contributed by atoms with E-state index in [-0.39, 0.29) is 11.2 Å². The van der Waals surface area contributed by atoms with Crippen LogP contribution in [-0.2, 0) is 11.2 Å². The molecule has 9 heteroatoms. The zero-order chi connectivity index (χ0) is 17.2. The first-order valence-electron chi connectivity index (χ1n) is 6.81. The minimum absolute atomic E-state index is 0.0313. The van der Waals surface area contributed by atoms with E-state index in [4.69, 9.17) is 5.84 Å². The third-order valence-corrected chi connectivity index (χ3v) is 4.10. The molecule has 0 aliphatic carbocycles. The van der Waals surface area contributed by atoms with Crippen LogP contribution in [0.1, 0.15) is 32.0 Å². The van der Waals surface area contributed by atoms with Crippen molar-refractivity contribution < 1.29 is 4.92 Å². The molecule has 0 amide bonds. The number of nitro benzene ring substituents is 1. The Bertz CT molecular complexity index is 780. The van der Waals surface area contributed by atoms with E-state index >= 15 is 0 Å². The largest absolute Gasteiger partial charge is 0.334 e. The zero-order valence-corrected chi connectivity index (χ0v) is 13.8. The van der Waals surface area contributed by atoms with E-state index in [9.17, 15) is 14.9 Å². The van der Waals surface area contributed by atoms with Crippen molar-refractivity contribution in [2.75, 3.05) is 5.84 Å². The van der Waals surface area contributed by atoms with Crippen molar-refractivity contribution in [1.29, 1.82) is 0 Å². The van der Waals surface area contributed by atoms with Crippen LogP contribution in [0, 0.1) is 10.1 Å². The fourth-order valence-electron chi connectivity index (χ4n) is 1.82. The lowest BCUT2D eigenvalue weighted by Gasteiger charge is -2.17. The van der Waals surface area contributed by atoms with Crippen molar-refractivity contribution in [1.82, 2.24) is 14.9 Å². The molecule has 0 atom stereocenters. The van der Waals surface area contributed by atoms with Crippen molar-refractivity contribution >= 4 is 17.4 Å². The molecule has 2 aromatic rings. The molecule has 0 fully saturated rings. The average molecular weight is 335 g/mol. The Balaban J connectivity index is 2.17. The van der Waals surface area contributed by atoms with Crippen molar-refractivity contribution in [2.24, 2.45) is 0 Å². The SMILES string of the molecule is CC(C)(C)c1nnc(SCc2ccc([N+](=O)[O-])cc2)n(N)c1=O. The molecule has 0 aliphatic rings. The molecule has 0 aliphatic heterocycles. The number of nitrogen functional groups attached to an aromatic ring is 1. The number of nitrogens with zero attached hydrogens (tertiary/aromatic N) is 4. The smallest absolute Gasteiger partial charge is 0.295 e. The summed E-state index contributed by atoms with van der Waals surface area (Å²) in [5.41, 5.74) is 0.379. The molecule has 23 heavy (non-hydrogen) atoms. The van der Waals surface area contributed by atoms with Crippen molar-refractivity contribution in [3.63, 3.8) is 0 Å². The third-order valence-electron chi connectivity index (χ3n) is 3.09. The topological polar surface area (TPSA) is 117 Å². The molecule has 0 spiro atoms. The Kier molecular flexibility index (Phi) is 4.69. The molecule has 0 saturated heterocycles. The van der Waals surface area contributed by atoms with Gasteiger partial charge >= 0.3 is 0 Å². The van der Waals surface area contributed by atoms with E-state index < -0.39 is 10.3 Å². The first-order chi connectivity index (χ1) is 10.7. The Labute approximate surface area is 136 Å². The predicted octanol–water partition coefficient (Wildman–Crippen LogP) is 1.85. The Hall–Kier alpha value is -2.42. The number of rotatable bonds is 4. The summed E-state index contributed by atoms with van der Waals surface area (Å²) in [4.78, 5) is 22.4. The summed E-state index contributed by atoms with van der Waals surface area (Å²) >= 11 is 1.24. The Morgan fingerprint density at radius 1 is 1.26 bits per heavy atom. The Morgan fingerprint density at radius 2 is 1.87 bits per heavy atom. The van der Waals surface area contributed by atoms with Crippen LogP contribution < -0.4 is 11.4 Å². The van der Waals surface area contributed by atoms with Gasteiger partial charge in [-0.05, 0) is 5.56 Å². The van der Waals surface area contributed by atoms with Gasteiger partial charge in [0.1, 0.15) is 5.69 Å². The fraction of sp³-hybridized carbons (Fsp3) is 0.357. The van der Waals surface area contributed by atoms with Crippen molar-refractivity contribution in [3.8, 4) is 0 Å². The highest BCUT2D eigenvalue weighted by atomic mass is 32.2. The summed E-state index contributed by atoms with van der Waals surface area (Å²) < 4.78 is 0.990. The highest BCUT2D eigenvalue weighted by Crippen LogP contribution is 2.22. The molecule has 2 rings (SSSR count). The first kappa shape index (κ1) is 16.9. The fourth-order valence-corrected chi connectivity index (χ4v) is 2.62. The monoisotopic (exact) mass is 335 g/mol. The second-order valence-electron chi connectivity index (χ2n) is 5.97. The number of nitrogens with two attached hydrogens (primary N) is 1. The maximum atomic E-state index is 12.2. The van der Waals surface area contributed by atoms with Gasteiger partial charge in [-0.3, -0.25) is 14.9 Å². The van der Waals surface area contributed by atoms with E-state index in [1.54, 1.807) is 12.1 Å². The van der Waals surface area contributed by atoms with Crippen LogP contribution in [-0.4, -0.2) is 19.8 Å². The summed E-state index contributed by atoms with van der Waals surface area (Å²) in [5, 5.41) is 18.9. The van der Waals surface area contributed by atoms with Crippen molar-refractivity contribution in [3.05, 3.63) is 56.0 Å². The average Bonchev–Trinajstić information content (AvgIpc) is 2.48. The molecule has 0 radical (unpaired) electrons. The van der Waals surface area contributed by atoms with E-state index in [0.717, 1.165) is 10.2 Å². The summed E-state index contributed by atoms with van der Waals surface area (Å²) in [5.74, 6) is 6.27. The van der Waals surface area contributed by atoms with Gasteiger partial charge in [0.2, 0.25) is 5.16 Å². The van der Waals surface area contributed by atoms with Gasteiger partial charge in [0, 0.05) is 23.3 Å². The number of benzene rings is 1. The quantitative estimate of drug-likeness (QED) is 0.392. The maximum Gasteiger partial charge on any atom is 0.295 e. The minimum Gasteiger partial charge on any atom is -0.334 e. The van der Waals surface area contributed by atoms with Crippen LogP contribution in [0.2, 0.25) is 0 Å². The molecule has 0 unspecified atom stereocenters. The lowest BCUT2D eigenvalue weighted by Crippen LogP contribution is -2.37. The van der Waals surface area contributed by atoms with Crippen LogP contribution in [0.3, 0.4) is 0 Å². The van der Waals surface area contributed by atoms with Crippen LogP contribution in [0.4, 0.5) is 5.69 Å². The normalized spacial score (nSPS) is 11.4. The standard InChI is InChI=1S/C14H17N5O3S/c1-14(2,3)11-12(20)18(15)13(17-16-11)23-8-9-4-6-10(7-5-9)19(21)22/h4-7H,8,15H2,1-3H3. The van der Waals surface area contributed by atoms with Gasteiger partial charge in [-0.15, -0.1) is 10.2 Å². The summed E-state index contributed by atoms with van der Waals surface area (Å²) in [6.07, 6.45) is 0. The summed E-state index contributed by atoms with van der Waals surface area (Å²) in [6, 6.07) is 6.17. The molecular weight excluding hydrogens is 318 g/mol. The van der Waals surface area contributed by atoms with Crippen LogP contribution in [0.5, 0.6) is 0 Å². The molecule has 122 valence electrons. The van der Waals surface area contributed by atoms with Gasteiger partial charge in [-0.25, -0.2) is 0 Å². The second-order valence-corrected chi connectivity index (χ2v) is 6.91. The van der Waals surface area contributed by atoms with Gasteiger partial charge in [0.05, 0.1) is 4.92 Å². The van der Waals surface area contributed by atoms with Gasteiger partial charge in [-0.1, -0.05) is 44.7 Å². The molecule has 0 saturated carbocycles.